The van der Waals surface area contributed by atoms with E-state index >= 15 is 0 Å². The molecular formula is C23H46O2. The summed E-state index contributed by atoms with van der Waals surface area (Å²) in [6.45, 7) is 12.2. The molecule has 0 fully saturated rings. The van der Waals surface area contributed by atoms with Crippen LogP contribution in [-0.2, 0) is 9.53 Å². The summed E-state index contributed by atoms with van der Waals surface area (Å²) in [6.07, 6.45) is 20.9. The quantitative estimate of drug-likeness (QED) is 0.159. The molecule has 0 rings (SSSR count). The van der Waals surface area contributed by atoms with E-state index in [0.29, 0.717) is 12.2 Å². The van der Waals surface area contributed by atoms with Gasteiger partial charge in [-0.25, -0.2) is 4.79 Å². The lowest BCUT2D eigenvalue weighted by Crippen LogP contribution is -2.05. The van der Waals surface area contributed by atoms with Crippen molar-refractivity contribution in [2.75, 3.05) is 6.61 Å². The predicted molar refractivity (Wildman–Crippen MR) is 112 cm³/mol. The monoisotopic (exact) mass is 354 g/mol. The van der Waals surface area contributed by atoms with Crippen LogP contribution in [0.5, 0.6) is 0 Å². The van der Waals surface area contributed by atoms with Crippen molar-refractivity contribution in [3.05, 3.63) is 12.2 Å². The number of hydrogen-bond donors (Lipinski definition) is 0. The molecule has 0 unspecified atom stereocenters. The van der Waals surface area contributed by atoms with Gasteiger partial charge in [0.1, 0.15) is 0 Å². The largest absolute Gasteiger partial charge is 0.462 e. The summed E-state index contributed by atoms with van der Waals surface area (Å²) in [5.41, 5.74) is 0.469. The topological polar surface area (TPSA) is 26.3 Å². The minimum absolute atomic E-state index is 0.284. The first-order valence-electron chi connectivity index (χ1n) is 10.9. The summed E-state index contributed by atoms with van der Waals surface area (Å²) in [4.78, 5) is 10.7. The van der Waals surface area contributed by atoms with E-state index in [4.69, 9.17) is 4.74 Å². The van der Waals surface area contributed by atoms with Gasteiger partial charge in [-0.15, -0.1) is 0 Å². The summed E-state index contributed by atoms with van der Waals surface area (Å²) < 4.78 is 4.81. The molecule has 0 aromatic rings. The molecule has 0 bridgehead atoms. The first-order chi connectivity index (χ1) is 12.1. The highest BCUT2D eigenvalue weighted by Gasteiger charge is 2.00. The smallest absolute Gasteiger partial charge is 0.333 e. The third-order valence-corrected chi connectivity index (χ3v) is 4.29. The number of carbonyl (C=O) groups excluding carboxylic acids is 1. The SMILES string of the molecule is C=C(C)C(=O)OCCCC.CCCCCCCCCCCCCCC. The second-order valence-electron chi connectivity index (χ2n) is 7.16. The molecule has 0 aromatic heterocycles. The number of ether oxygens (including phenoxy) is 1. The van der Waals surface area contributed by atoms with E-state index in [-0.39, 0.29) is 5.97 Å². The average Bonchev–Trinajstić information content (AvgIpc) is 2.60. The minimum atomic E-state index is -0.284. The van der Waals surface area contributed by atoms with Crippen molar-refractivity contribution in [1.29, 1.82) is 0 Å². The molecule has 0 amide bonds. The molecule has 0 aromatic carbocycles. The molecule has 0 radical (unpaired) electrons. The van der Waals surface area contributed by atoms with Crippen LogP contribution in [0.3, 0.4) is 0 Å². The summed E-state index contributed by atoms with van der Waals surface area (Å²) in [7, 11) is 0. The fraction of sp³-hybridized carbons (Fsp3) is 0.870. The van der Waals surface area contributed by atoms with Crippen molar-refractivity contribution in [2.24, 2.45) is 0 Å². The molecule has 0 N–H and O–H groups in total. The van der Waals surface area contributed by atoms with Crippen LogP contribution >= 0.6 is 0 Å². The fourth-order valence-electron chi connectivity index (χ4n) is 2.52. The Bertz CT molecular complexity index is 272. The van der Waals surface area contributed by atoms with Crippen LogP contribution in [0.25, 0.3) is 0 Å². The lowest BCUT2D eigenvalue weighted by Gasteiger charge is -2.01. The summed E-state index contributed by atoms with van der Waals surface area (Å²) in [5, 5.41) is 0. The molecule has 0 spiro atoms. The summed E-state index contributed by atoms with van der Waals surface area (Å²) >= 11 is 0. The number of unbranched alkanes of at least 4 members (excludes halogenated alkanes) is 13. The Kier molecular flexibility index (Phi) is 24.5. The summed E-state index contributed by atoms with van der Waals surface area (Å²) in [6, 6.07) is 0. The van der Waals surface area contributed by atoms with E-state index in [1.807, 2.05) is 0 Å². The van der Waals surface area contributed by atoms with Crippen molar-refractivity contribution in [1.82, 2.24) is 0 Å². The number of esters is 1. The van der Waals surface area contributed by atoms with Gasteiger partial charge in [0.15, 0.2) is 0 Å². The Labute approximate surface area is 158 Å². The van der Waals surface area contributed by atoms with Gasteiger partial charge in [-0.2, -0.15) is 0 Å². The number of hydrogen-bond acceptors (Lipinski definition) is 2. The second kappa shape index (κ2) is 23.2. The zero-order valence-electron chi connectivity index (χ0n) is 17.8. The van der Waals surface area contributed by atoms with Gasteiger partial charge in [0.25, 0.3) is 0 Å². The van der Waals surface area contributed by atoms with Crippen LogP contribution in [0.4, 0.5) is 0 Å². The standard InChI is InChI=1S/C15H32.C8H14O2/c1-3-5-7-9-11-13-15-14-12-10-8-6-4-2;1-4-5-6-10-8(9)7(2)3/h3-15H2,1-2H3;2,4-6H2,1,3H3. The highest BCUT2D eigenvalue weighted by Crippen LogP contribution is 2.12. The molecule has 0 heterocycles. The first kappa shape index (κ1) is 26.4. The molecule has 25 heavy (non-hydrogen) atoms. The van der Waals surface area contributed by atoms with Gasteiger partial charge >= 0.3 is 5.97 Å². The highest BCUT2D eigenvalue weighted by atomic mass is 16.5. The minimum Gasteiger partial charge on any atom is -0.462 e. The van der Waals surface area contributed by atoms with Gasteiger partial charge in [-0.1, -0.05) is 117 Å². The average molecular weight is 355 g/mol. The Balaban J connectivity index is 0. The van der Waals surface area contributed by atoms with Crippen molar-refractivity contribution < 1.29 is 9.53 Å². The van der Waals surface area contributed by atoms with Crippen LogP contribution in [-0.4, -0.2) is 12.6 Å². The Morgan fingerprint density at radius 1 is 0.640 bits per heavy atom. The van der Waals surface area contributed by atoms with Crippen LogP contribution in [0, 0.1) is 0 Å². The molecule has 2 heteroatoms. The van der Waals surface area contributed by atoms with Crippen molar-refractivity contribution in [2.45, 2.75) is 124 Å². The van der Waals surface area contributed by atoms with Crippen LogP contribution < -0.4 is 0 Å². The summed E-state index contributed by atoms with van der Waals surface area (Å²) in [5.74, 6) is -0.284. The third kappa shape index (κ3) is 25.6. The van der Waals surface area contributed by atoms with E-state index in [1.165, 1.54) is 83.5 Å². The van der Waals surface area contributed by atoms with Crippen LogP contribution in [0.1, 0.15) is 124 Å². The van der Waals surface area contributed by atoms with Crippen molar-refractivity contribution >= 4 is 5.97 Å². The van der Waals surface area contributed by atoms with E-state index in [0.717, 1.165) is 12.8 Å². The number of rotatable bonds is 16. The fourth-order valence-corrected chi connectivity index (χ4v) is 2.52. The molecule has 0 aliphatic carbocycles. The molecule has 150 valence electrons. The predicted octanol–water partition coefficient (Wildman–Crippen LogP) is 8.00. The van der Waals surface area contributed by atoms with Gasteiger partial charge in [-0.3, -0.25) is 0 Å². The highest BCUT2D eigenvalue weighted by molar-refractivity contribution is 5.86. The lowest BCUT2D eigenvalue weighted by molar-refractivity contribution is -0.139. The van der Waals surface area contributed by atoms with E-state index in [9.17, 15) is 4.79 Å². The second-order valence-corrected chi connectivity index (χ2v) is 7.16. The zero-order valence-corrected chi connectivity index (χ0v) is 17.8. The third-order valence-electron chi connectivity index (χ3n) is 4.29. The molecule has 0 aliphatic rings. The Hall–Kier alpha value is -0.790. The Morgan fingerprint density at radius 3 is 1.24 bits per heavy atom. The molecule has 0 atom stereocenters. The Morgan fingerprint density at radius 2 is 0.960 bits per heavy atom. The normalized spacial score (nSPS) is 10.1. The van der Waals surface area contributed by atoms with Gasteiger partial charge < -0.3 is 4.74 Å². The van der Waals surface area contributed by atoms with E-state index in [2.05, 4.69) is 27.4 Å². The van der Waals surface area contributed by atoms with Gasteiger partial charge in [0.2, 0.25) is 0 Å². The number of carbonyl (C=O) groups is 1. The zero-order chi connectivity index (χ0) is 19.2. The van der Waals surface area contributed by atoms with Crippen LogP contribution in [0.2, 0.25) is 0 Å². The maximum absolute atomic E-state index is 10.7. The van der Waals surface area contributed by atoms with Gasteiger partial charge in [0, 0.05) is 5.57 Å². The first-order valence-corrected chi connectivity index (χ1v) is 10.9. The molecule has 2 nitrogen and oxygen atoms in total. The maximum atomic E-state index is 10.7. The van der Waals surface area contributed by atoms with Gasteiger partial charge in [-0.05, 0) is 13.3 Å². The molecule has 0 aliphatic heterocycles. The molecular weight excluding hydrogens is 308 g/mol. The van der Waals surface area contributed by atoms with Crippen LogP contribution in [0.15, 0.2) is 12.2 Å². The van der Waals surface area contributed by atoms with Crippen molar-refractivity contribution in [3.63, 3.8) is 0 Å². The van der Waals surface area contributed by atoms with E-state index < -0.39 is 0 Å². The molecule has 0 saturated carbocycles. The maximum Gasteiger partial charge on any atom is 0.333 e. The molecule has 0 saturated heterocycles. The lowest BCUT2D eigenvalue weighted by atomic mass is 10.1. The van der Waals surface area contributed by atoms with Gasteiger partial charge in [0.05, 0.1) is 6.61 Å². The van der Waals surface area contributed by atoms with E-state index in [1.54, 1.807) is 6.92 Å². The van der Waals surface area contributed by atoms with Crippen molar-refractivity contribution in [3.8, 4) is 0 Å².